The summed E-state index contributed by atoms with van der Waals surface area (Å²) in [7, 11) is 0. The number of rotatable bonds is 5. The summed E-state index contributed by atoms with van der Waals surface area (Å²) in [6.07, 6.45) is 7.34. The Morgan fingerprint density at radius 3 is 2.91 bits per heavy atom. The highest BCUT2D eigenvalue weighted by atomic mass is 35.5. The molecule has 0 saturated carbocycles. The molecule has 0 bridgehead atoms. The number of ether oxygens (including phenoxy) is 3. The van der Waals surface area contributed by atoms with Crippen LogP contribution in [0.1, 0.15) is 36.8 Å². The number of pyridine rings is 1. The van der Waals surface area contributed by atoms with Crippen molar-refractivity contribution >= 4 is 28.3 Å². The van der Waals surface area contributed by atoms with Crippen LogP contribution in [0.25, 0.3) is 22.2 Å². The topological polar surface area (TPSA) is 96.5 Å². The standard InChI is InChI=1S/C31H32ClFN6O4/c32-20-3-4-22(24(33)10-20)28-29-23(30(40)39-6-1-2-26(39)35-29)11-27(36-28)37-7-9-42-25(16-37)19-13-34-38(14-19)15-21-12-31(18-43-21)5-8-41-17-31/h3-4,10-11,13-14,21,25H,1-2,5-9,12,15-18H2/t21?,25-,31?/m1/s1. The van der Waals surface area contributed by atoms with Crippen molar-refractivity contribution in [1.29, 1.82) is 0 Å². The first kappa shape index (κ1) is 27.2. The second-order valence-electron chi connectivity index (χ2n) is 12.2. The number of morpholine rings is 1. The Balaban J connectivity index is 1.09. The molecule has 3 fully saturated rings. The number of aryl methyl sites for hydroxylation is 1. The number of nitrogens with zero attached hydrogens (tertiary/aromatic N) is 6. The van der Waals surface area contributed by atoms with Crippen LogP contribution in [0.3, 0.4) is 0 Å². The minimum absolute atomic E-state index is 0.112. The van der Waals surface area contributed by atoms with Crippen molar-refractivity contribution in [2.24, 2.45) is 5.41 Å². The van der Waals surface area contributed by atoms with Crippen molar-refractivity contribution in [2.75, 3.05) is 44.4 Å². The summed E-state index contributed by atoms with van der Waals surface area (Å²) in [6, 6.07) is 6.28. The Hall–Kier alpha value is -3.38. The SMILES string of the molecule is O=c1c2cc(N3CCO[C@@H](c4cnn(CC5CC6(CCOC6)CO5)c4)C3)nc(-c3ccc(Cl)cc3F)c2nc2n1CCC2. The first-order valence-corrected chi connectivity index (χ1v) is 15.3. The number of benzene rings is 1. The van der Waals surface area contributed by atoms with E-state index in [2.05, 4.69) is 10.00 Å². The van der Waals surface area contributed by atoms with E-state index >= 15 is 4.39 Å². The van der Waals surface area contributed by atoms with Crippen molar-refractivity contribution in [3.05, 3.63) is 69.2 Å². The first-order chi connectivity index (χ1) is 20.9. The van der Waals surface area contributed by atoms with E-state index in [9.17, 15) is 4.79 Å². The second-order valence-corrected chi connectivity index (χ2v) is 12.6. The molecule has 0 amide bonds. The fourth-order valence-electron chi connectivity index (χ4n) is 6.95. The zero-order valence-electron chi connectivity index (χ0n) is 23.7. The zero-order valence-corrected chi connectivity index (χ0v) is 24.4. The van der Waals surface area contributed by atoms with E-state index in [0.29, 0.717) is 72.5 Å². The molecular formula is C31H32ClFN6O4. The summed E-state index contributed by atoms with van der Waals surface area (Å²) in [5.74, 6) is 0.782. The molecule has 0 radical (unpaired) electrons. The zero-order chi connectivity index (χ0) is 29.1. The number of hydrogen-bond acceptors (Lipinski definition) is 8. The number of halogens is 2. The summed E-state index contributed by atoms with van der Waals surface area (Å²) >= 11 is 6.06. The molecule has 224 valence electrons. The third kappa shape index (κ3) is 4.92. The van der Waals surface area contributed by atoms with Crippen molar-refractivity contribution in [2.45, 2.75) is 51.0 Å². The van der Waals surface area contributed by atoms with Gasteiger partial charge in [-0.3, -0.25) is 14.0 Å². The second kappa shape index (κ2) is 10.7. The van der Waals surface area contributed by atoms with Gasteiger partial charge in [0.1, 0.15) is 34.8 Å². The molecule has 3 atom stereocenters. The Morgan fingerprint density at radius 2 is 2.05 bits per heavy atom. The highest BCUT2D eigenvalue weighted by molar-refractivity contribution is 6.30. The van der Waals surface area contributed by atoms with Gasteiger partial charge in [0.2, 0.25) is 0 Å². The average Bonchev–Trinajstić information content (AvgIpc) is 3.83. The summed E-state index contributed by atoms with van der Waals surface area (Å²) in [4.78, 5) is 25.4. The fourth-order valence-corrected chi connectivity index (χ4v) is 7.11. The quantitative estimate of drug-likeness (QED) is 0.334. The van der Waals surface area contributed by atoms with Gasteiger partial charge < -0.3 is 19.1 Å². The van der Waals surface area contributed by atoms with Crippen LogP contribution in [0, 0.1) is 11.2 Å². The molecule has 43 heavy (non-hydrogen) atoms. The highest BCUT2D eigenvalue weighted by Crippen LogP contribution is 2.40. The predicted octanol–water partition coefficient (Wildman–Crippen LogP) is 4.17. The molecule has 8 rings (SSSR count). The molecular weight excluding hydrogens is 575 g/mol. The van der Waals surface area contributed by atoms with Crippen LogP contribution < -0.4 is 10.5 Å². The molecule has 12 heteroatoms. The van der Waals surface area contributed by atoms with E-state index < -0.39 is 5.82 Å². The first-order valence-electron chi connectivity index (χ1n) is 14.9. The average molecular weight is 607 g/mol. The number of fused-ring (bicyclic) bond motifs is 2. The smallest absolute Gasteiger partial charge is 0.261 e. The van der Waals surface area contributed by atoms with Crippen molar-refractivity contribution in [3.8, 4) is 11.3 Å². The van der Waals surface area contributed by atoms with Crippen LogP contribution in [-0.2, 0) is 33.7 Å². The Kier molecular flexibility index (Phi) is 6.74. The molecule has 3 aromatic heterocycles. The molecule has 1 spiro atoms. The Morgan fingerprint density at radius 1 is 1.12 bits per heavy atom. The minimum atomic E-state index is -0.509. The lowest BCUT2D eigenvalue weighted by Gasteiger charge is -2.33. The maximum absolute atomic E-state index is 15.2. The van der Waals surface area contributed by atoms with Gasteiger partial charge in [-0.15, -0.1) is 0 Å². The van der Waals surface area contributed by atoms with Gasteiger partial charge in [-0.1, -0.05) is 11.6 Å². The number of aromatic nitrogens is 5. The van der Waals surface area contributed by atoms with Crippen LogP contribution in [0.15, 0.2) is 41.5 Å². The van der Waals surface area contributed by atoms with Gasteiger partial charge in [0.15, 0.2) is 0 Å². The molecule has 0 N–H and O–H groups in total. The van der Waals surface area contributed by atoms with Crippen LogP contribution in [0.2, 0.25) is 5.02 Å². The third-order valence-electron chi connectivity index (χ3n) is 9.25. The van der Waals surface area contributed by atoms with E-state index in [1.165, 1.54) is 6.07 Å². The molecule has 7 heterocycles. The van der Waals surface area contributed by atoms with Crippen molar-refractivity contribution in [3.63, 3.8) is 0 Å². The van der Waals surface area contributed by atoms with Gasteiger partial charge in [-0.25, -0.2) is 14.4 Å². The number of anilines is 1. The number of hydrogen-bond donors (Lipinski definition) is 0. The molecule has 10 nitrogen and oxygen atoms in total. The molecule has 3 saturated heterocycles. The Labute approximate surface area is 252 Å². The lowest BCUT2D eigenvalue weighted by molar-refractivity contribution is 0.0393. The van der Waals surface area contributed by atoms with Crippen LogP contribution >= 0.6 is 11.6 Å². The van der Waals surface area contributed by atoms with E-state index in [0.717, 1.165) is 44.6 Å². The molecule has 2 unspecified atom stereocenters. The normalized spacial score (nSPS) is 25.3. The highest BCUT2D eigenvalue weighted by Gasteiger charge is 2.43. The fraction of sp³-hybridized carbons (Fsp3) is 0.484. The summed E-state index contributed by atoms with van der Waals surface area (Å²) in [6.45, 7) is 5.20. The third-order valence-corrected chi connectivity index (χ3v) is 9.49. The van der Waals surface area contributed by atoms with Gasteiger partial charge in [0.05, 0.1) is 44.1 Å². The molecule has 0 aliphatic carbocycles. The molecule has 4 aliphatic heterocycles. The molecule has 1 aromatic carbocycles. The Bertz CT molecular complexity index is 1770. The maximum atomic E-state index is 15.2. The van der Waals surface area contributed by atoms with Gasteiger partial charge in [-0.05, 0) is 43.5 Å². The van der Waals surface area contributed by atoms with Gasteiger partial charge in [0, 0.05) is 60.4 Å². The van der Waals surface area contributed by atoms with Gasteiger partial charge >= 0.3 is 0 Å². The van der Waals surface area contributed by atoms with E-state index in [1.54, 1.807) is 22.8 Å². The summed E-state index contributed by atoms with van der Waals surface area (Å²) in [5.41, 5.74) is 2.01. The molecule has 4 aromatic rings. The van der Waals surface area contributed by atoms with Crippen LogP contribution in [0.5, 0.6) is 0 Å². The predicted molar refractivity (Wildman–Crippen MR) is 158 cm³/mol. The van der Waals surface area contributed by atoms with Crippen molar-refractivity contribution < 1.29 is 18.6 Å². The lowest BCUT2D eigenvalue weighted by atomic mass is 9.85. The van der Waals surface area contributed by atoms with E-state index in [4.69, 9.17) is 35.8 Å². The van der Waals surface area contributed by atoms with E-state index in [1.807, 2.05) is 17.1 Å². The largest absolute Gasteiger partial charge is 0.381 e. The van der Waals surface area contributed by atoms with Crippen LogP contribution in [-0.4, -0.2) is 69.9 Å². The van der Waals surface area contributed by atoms with Crippen LogP contribution in [0.4, 0.5) is 10.2 Å². The molecule has 4 aliphatic rings. The van der Waals surface area contributed by atoms with Gasteiger partial charge in [-0.2, -0.15) is 5.10 Å². The van der Waals surface area contributed by atoms with Gasteiger partial charge in [0.25, 0.3) is 5.56 Å². The monoisotopic (exact) mass is 606 g/mol. The maximum Gasteiger partial charge on any atom is 0.261 e. The minimum Gasteiger partial charge on any atom is -0.381 e. The summed E-state index contributed by atoms with van der Waals surface area (Å²) in [5, 5.41) is 5.33. The lowest BCUT2D eigenvalue weighted by Crippen LogP contribution is -2.39. The van der Waals surface area contributed by atoms with Crippen molar-refractivity contribution in [1.82, 2.24) is 24.3 Å². The summed E-state index contributed by atoms with van der Waals surface area (Å²) < 4.78 is 36.8. The van der Waals surface area contributed by atoms with E-state index in [-0.39, 0.29) is 28.7 Å².